The van der Waals surface area contributed by atoms with Gasteiger partial charge in [0.15, 0.2) is 0 Å². The molecule has 0 bridgehead atoms. The molecule has 0 radical (unpaired) electrons. The molecule has 0 aliphatic carbocycles. The Kier molecular flexibility index (Phi) is 6.56. The van der Waals surface area contributed by atoms with Gasteiger partial charge in [0.1, 0.15) is 35.4 Å². The number of nitrogens with two attached hydrogens (primary N) is 2. The first kappa shape index (κ1) is 22.4. The number of ether oxygens (including phenoxy) is 2. The van der Waals surface area contributed by atoms with Gasteiger partial charge in [0, 0.05) is 17.3 Å². The van der Waals surface area contributed by atoms with E-state index in [0.717, 1.165) is 64.8 Å². The minimum atomic E-state index is 0.357. The lowest BCUT2D eigenvalue weighted by molar-refractivity contribution is 0.301. The smallest absolute Gasteiger partial charge is 0.134 e. The highest BCUT2D eigenvalue weighted by Crippen LogP contribution is 2.22. The molecule has 5 rings (SSSR count). The highest BCUT2D eigenvalue weighted by Gasteiger charge is 2.05. The molecular formula is C26H27N7O2. The lowest BCUT2D eigenvalue weighted by Gasteiger charge is -2.07. The fraction of sp³-hybridized carbons (Fsp3) is 0.231. The molecule has 178 valence electrons. The van der Waals surface area contributed by atoms with E-state index in [1.165, 1.54) is 0 Å². The third kappa shape index (κ3) is 5.75. The molecule has 5 aromatic rings. The molecule has 0 amide bonds. The van der Waals surface area contributed by atoms with Crippen molar-refractivity contribution in [2.24, 2.45) is 0 Å². The molecule has 0 aliphatic heterocycles. The van der Waals surface area contributed by atoms with Crippen LogP contribution in [0.5, 0.6) is 11.5 Å². The second-order valence-corrected chi connectivity index (χ2v) is 8.35. The maximum Gasteiger partial charge on any atom is 0.134 e. The van der Waals surface area contributed by atoms with Gasteiger partial charge in [-0.25, -0.2) is 9.97 Å². The summed E-state index contributed by atoms with van der Waals surface area (Å²) >= 11 is 0. The van der Waals surface area contributed by atoms with Crippen molar-refractivity contribution in [3.8, 4) is 11.5 Å². The zero-order valence-electron chi connectivity index (χ0n) is 19.3. The molecule has 3 heterocycles. The van der Waals surface area contributed by atoms with Crippen molar-refractivity contribution in [3.63, 3.8) is 0 Å². The summed E-state index contributed by atoms with van der Waals surface area (Å²) in [6.07, 6.45) is 4.92. The van der Waals surface area contributed by atoms with Crippen LogP contribution in [0, 0.1) is 0 Å². The number of nitrogens with zero attached hydrogens (tertiary/aromatic N) is 5. The Labute approximate surface area is 202 Å². The Morgan fingerprint density at radius 1 is 0.714 bits per heavy atom. The van der Waals surface area contributed by atoms with Crippen molar-refractivity contribution >= 4 is 33.4 Å². The van der Waals surface area contributed by atoms with Gasteiger partial charge in [0.05, 0.1) is 23.8 Å². The normalized spacial score (nSPS) is 11.2. The fourth-order valence-corrected chi connectivity index (χ4v) is 3.83. The quantitative estimate of drug-likeness (QED) is 0.289. The van der Waals surface area contributed by atoms with Crippen LogP contribution in [0.4, 0.5) is 11.6 Å². The number of nitrogen functional groups attached to an aromatic ring is 2. The van der Waals surface area contributed by atoms with Gasteiger partial charge in [-0.05, 0) is 79.9 Å². The number of rotatable bonds is 10. The number of pyridine rings is 2. The summed E-state index contributed by atoms with van der Waals surface area (Å²) in [5.74, 6) is 2.62. The zero-order chi connectivity index (χ0) is 24.0. The third-order valence-electron chi connectivity index (χ3n) is 5.64. The van der Waals surface area contributed by atoms with E-state index in [2.05, 4.69) is 20.3 Å². The van der Waals surface area contributed by atoms with Crippen molar-refractivity contribution in [3.05, 3.63) is 72.6 Å². The minimum Gasteiger partial charge on any atom is -0.494 e. The molecule has 9 nitrogen and oxygen atoms in total. The van der Waals surface area contributed by atoms with E-state index in [1.807, 2.05) is 59.4 Å². The van der Waals surface area contributed by atoms with E-state index in [9.17, 15) is 0 Å². The van der Waals surface area contributed by atoms with Gasteiger partial charge in [-0.3, -0.25) is 4.68 Å². The van der Waals surface area contributed by atoms with Gasteiger partial charge in [-0.15, -0.1) is 5.10 Å². The molecule has 0 atom stereocenters. The van der Waals surface area contributed by atoms with Crippen LogP contribution in [0.15, 0.2) is 66.9 Å². The van der Waals surface area contributed by atoms with Crippen LogP contribution in [0.3, 0.4) is 0 Å². The second kappa shape index (κ2) is 10.3. The first-order valence-electron chi connectivity index (χ1n) is 11.6. The Balaban J connectivity index is 1.02. The lowest BCUT2D eigenvalue weighted by Crippen LogP contribution is -2.01. The molecule has 0 unspecified atom stereocenters. The van der Waals surface area contributed by atoms with Crippen LogP contribution >= 0.6 is 0 Å². The highest BCUT2D eigenvalue weighted by molar-refractivity contribution is 5.82. The van der Waals surface area contributed by atoms with Crippen molar-refractivity contribution in [1.82, 2.24) is 25.0 Å². The summed E-state index contributed by atoms with van der Waals surface area (Å²) < 4.78 is 13.6. The molecule has 3 aromatic heterocycles. The summed E-state index contributed by atoms with van der Waals surface area (Å²) in [5, 5.41) is 10.4. The summed E-state index contributed by atoms with van der Waals surface area (Å²) in [4.78, 5) is 8.60. The Morgan fingerprint density at radius 3 is 2.06 bits per heavy atom. The lowest BCUT2D eigenvalue weighted by atomic mass is 10.2. The molecule has 0 fully saturated rings. The van der Waals surface area contributed by atoms with Crippen LogP contribution < -0.4 is 20.9 Å². The van der Waals surface area contributed by atoms with Crippen LogP contribution in [0.1, 0.15) is 25.0 Å². The molecule has 0 saturated heterocycles. The fourth-order valence-electron chi connectivity index (χ4n) is 3.83. The zero-order valence-corrected chi connectivity index (χ0v) is 19.3. The summed E-state index contributed by atoms with van der Waals surface area (Å²) in [7, 11) is 0. The second-order valence-electron chi connectivity index (χ2n) is 8.35. The molecule has 2 aromatic carbocycles. The molecule has 0 aliphatic rings. The minimum absolute atomic E-state index is 0.357. The van der Waals surface area contributed by atoms with E-state index < -0.39 is 0 Å². The number of benzene rings is 2. The SMILES string of the molecule is Nc1ccc2cc(OCCCCCn3cc(COc4ccc5nc(N)ccc5c4)nn3)ccc2n1. The number of anilines is 2. The average molecular weight is 470 g/mol. The first-order chi connectivity index (χ1) is 17.1. The molecule has 0 spiro atoms. The monoisotopic (exact) mass is 469 g/mol. The number of fused-ring (bicyclic) bond motifs is 2. The average Bonchev–Trinajstić information content (AvgIpc) is 3.32. The molecule has 0 saturated carbocycles. The Bertz CT molecular complexity index is 1450. The van der Waals surface area contributed by atoms with Crippen molar-refractivity contribution in [2.75, 3.05) is 18.1 Å². The maximum absolute atomic E-state index is 5.89. The van der Waals surface area contributed by atoms with Gasteiger partial charge in [-0.2, -0.15) is 0 Å². The maximum atomic E-state index is 5.89. The largest absolute Gasteiger partial charge is 0.494 e. The van der Waals surface area contributed by atoms with E-state index >= 15 is 0 Å². The van der Waals surface area contributed by atoms with Crippen LogP contribution in [0.25, 0.3) is 21.8 Å². The topological polar surface area (TPSA) is 127 Å². The Hall–Kier alpha value is -4.40. The van der Waals surface area contributed by atoms with E-state index in [0.29, 0.717) is 24.8 Å². The number of hydrogen-bond acceptors (Lipinski definition) is 8. The van der Waals surface area contributed by atoms with Gasteiger partial charge < -0.3 is 20.9 Å². The van der Waals surface area contributed by atoms with Crippen LogP contribution in [0.2, 0.25) is 0 Å². The van der Waals surface area contributed by atoms with Crippen molar-refractivity contribution in [1.29, 1.82) is 0 Å². The molecular weight excluding hydrogens is 442 g/mol. The predicted octanol–water partition coefficient (Wildman–Crippen LogP) is 4.37. The van der Waals surface area contributed by atoms with Gasteiger partial charge in [0.25, 0.3) is 0 Å². The Morgan fingerprint density at radius 2 is 1.37 bits per heavy atom. The summed E-state index contributed by atoms with van der Waals surface area (Å²) in [6.45, 7) is 1.83. The van der Waals surface area contributed by atoms with Crippen molar-refractivity contribution in [2.45, 2.75) is 32.4 Å². The number of unbranched alkanes of at least 4 members (excludes halogenated alkanes) is 2. The summed E-state index contributed by atoms with van der Waals surface area (Å²) in [6, 6.07) is 19.0. The summed E-state index contributed by atoms with van der Waals surface area (Å²) in [5.41, 5.74) is 14.0. The van der Waals surface area contributed by atoms with Crippen LogP contribution in [-0.4, -0.2) is 31.6 Å². The van der Waals surface area contributed by atoms with Gasteiger partial charge >= 0.3 is 0 Å². The number of aryl methyl sites for hydroxylation is 1. The van der Waals surface area contributed by atoms with Crippen molar-refractivity contribution < 1.29 is 9.47 Å². The number of hydrogen-bond donors (Lipinski definition) is 2. The predicted molar refractivity (Wildman–Crippen MR) is 136 cm³/mol. The van der Waals surface area contributed by atoms with E-state index in [-0.39, 0.29) is 0 Å². The molecule has 9 heteroatoms. The van der Waals surface area contributed by atoms with E-state index in [1.54, 1.807) is 12.1 Å². The van der Waals surface area contributed by atoms with E-state index in [4.69, 9.17) is 20.9 Å². The third-order valence-corrected chi connectivity index (χ3v) is 5.64. The molecule has 4 N–H and O–H groups in total. The van der Waals surface area contributed by atoms with Gasteiger partial charge in [-0.1, -0.05) is 5.21 Å². The number of aromatic nitrogens is 5. The van der Waals surface area contributed by atoms with Crippen LogP contribution in [-0.2, 0) is 13.2 Å². The first-order valence-corrected chi connectivity index (χ1v) is 11.6. The standard InChI is InChI=1S/C26H27N7O2/c27-25-10-4-18-14-21(6-8-23(18)29-25)34-13-3-1-2-12-33-16-20(31-32-33)17-35-22-7-9-24-19(15-22)5-11-26(28)30-24/h4-11,14-16H,1-3,12-13,17H2,(H2,27,29)(H2,28,30). The highest BCUT2D eigenvalue weighted by atomic mass is 16.5. The van der Waals surface area contributed by atoms with Gasteiger partial charge in [0.2, 0.25) is 0 Å². The molecule has 35 heavy (non-hydrogen) atoms.